The zero-order valence-corrected chi connectivity index (χ0v) is 7.59. The van der Waals surface area contributed by atoms with Gasteiger partial charge in [-0.05, 0) is 25.0 Å². The molecule has 0 spiro atoms. The van der Waals surface area contributed by atoms with Crippen molar-refractivity contribution in [1.82, 2.24) is 0 Å². The number of carbonyl (C=O) groups excluding carboxylic acids is 1. The topological polar surface area (TPSA) is 20.1 Å². The third-order valence-electron chi connectivity index (χ3n) is 2.01. The summed E-state index contributed by atoms with van der Waals surface area (Å²) in [5.74, 6) is 0. The molecule has 2 heteroatoms. The van der Waals surface area contributed by atoms with Gasteiger partial charge in [0.2, 0.25) is 5.69 Å². The summed E-state index contributed by atoms with van der Waals surface area (Å²) in [6, 6.07) is 5.88. The number of isocyanates is 1. The minimum Gasteiger partial charge on any atom is -0.159 e. The summed E-state index contributed by atoms with van der Waals surface area (Å²) < 4.78 is 1.44. The van der Waals surface area contributed by atoms with E-state index in [-0.39, 0.29) is 0 Å². The molecule has 0 aliphatic heterocycles. The highest BCUT2D eigenvalue weighted by atomic mass is 16.1. The van der Waals surface area contributed by atoms with Gasteiger partial charge in [0.25, 0.3) is 0 Å². The maximum atomic E-state index is 10.3. The van der Waals surface area contributed by atoms with E-state index in [0.717, 1.165) is 5.69 Å². The Morgan fingerprint density at radius 2 is 1.92 bits per heavy atom. The monoisotopic (exact) mass is 162 g/mol. The Balaban J connectivity index is 3.22. The maximum Gasteiger partial charge on any atom is 0.430 e. The molecule has 1 aromatic rings. The molecular formula is C10H12NO+. The number of rotatable bonds is 1. The third-order valence-corrected chi connectivity index (χ3v) is 2.01. The van der Waals surface area contributed by atoms with E-state index in [0.29, 0.717) is 0 Å². The Morgan fingerprint density at radius 1 is 1.25 bits per heavy atom. The average molecular weight is 162 g/mol. The molecule has 0 heterocycles. The lowest BCUT2D eigenvalue weighted by atomic mass is 10.1. The first kappa shape index (κ1) is 8.69. The molecule has 0 unspecified atom stereocenters. The highest BCUT2D eigenvalue weighted by molar-refractivity contribution is 5.41. The normalized spacial score (nSPS) is 9.25. The molecule has 0 aliphatic rings. The molecule has 0 aromatic heterocycles. The van der Waals surface area contributed by atoms with Crippen LogP contribution in [0.3, 0.4) is 0 Å². The van der Waals surface area contributed by atoms with Gasteiger partial charge in [-0.15, -0.1) is 4.58 Å². The first-order valence-electron chi connectivity index (χ1n) is 3.84. The summed E-state index contributed by atoms with van der Waals surface area (Å²) in [7, 11) is 1.69. The van der Waals surface area contributed by atoms with Crippen LogP contribution in [0.1, 0.15) is 11.1 Å². The van der Waals surface area contributed by atoms with Crippen LogP contribution in [-0.4, -0.2) is 17.7 Å². The van der Waals surface area contributed by atoms with Crippen LogP contribution in [0, 0.1) is 13.8 Å². The number of nitrogens with zero attached hydrogens (tertiary/aromatic N) is 1. The second kappa shape index (κ2) is 3.33. The first-order valence-corrected chi connectivity index (χ1v) is 3.84. The fraction of sp³-hybridized carbons (Fsp3) is 0.300. The van der Waals surface area contributed by atoms with Gasteiger partial charge in [0, 0.05) is 12.1 Å². The lowest BCUT2D eigenvalue weighted by molar-refractivity contribution is -0.401. The molecule has 0 aliphatic carbocycles. The van der Waals surface area contributed by atoms with Crippen molar-refractivity contribution in [3.63, 3.8) is 0 Å². The summed E-state index contributed by atoms with van der Waals surface area (Å²) in [5, 5.41) is 0. The average Bonchev–Trinajstić information content (AvgIpc) is 2.08. The summed E-state index contributed by atoms with van der Waals surface area (Å²) in [5.41, 5.74) is 3.31. The fourth-order valence-corrected chi connectivity index (χ4v) is 0.987. The molecule has 0 fully saturated rings. The number of hydrogen-bond acceptors (Lipinski definition) is 1. The van der Waals surface area contributed by atoms with Gasteiger partial charge < -0.3 is 0 Å². The smallest absolute Gasteiger partial charge is 0.159 e. The van der Waals surface area contributed by atoms with Gasteiger partial charge >= 0.3 is 6.08 Å². The van der Waals surface area contributed by atoms with Crippen molar-refractivity contribution >= 4 is 11.8 Å². The quantitative estimate of drug-likeness (QED) is 0.351. The molecule has 12 heavy (non-hydrogen) atoms. The van der Waals surface area contributed by atoms with Crippen LogP contribution in [0.15, 0.2) is 18.2 Å². The molecule has 0 N–H and O–H groups in total. The SMILES string of the molecule is Cc1ccc([N+](C)=C=O)cc1C. The highest BCUT2D eigenvalue weighted by Crippen LogP contribution is 2.15. The van der Waals surface area contributed by atoms with Gasteiger partial charge in [0.1, 0.15) is 0 Å². The van der Waals surface area contributed by atoms with E-state index >= 15 is 0 Å². The summed E-state index contributed by atoms with van der Waals surface area (Å²) in [6.45, 7) is 4.07. The highest BCUT2D eigenvalue weighted by Gasteiger charge is 2.04. The van der Waals surface area contributed by atoms with Gasteiger partial charge in [-0.2, -0.15) is 4.79 Å². The molecule has 62 valence electrons. The van der Waals surface area contributed by atoms with Gasteiger partial charge in [-0.25, -0.2) is 0 Å². The van der Waals surface area contributed by atoms with Crippen molar-refractivity contribution in [2.24, 2.45) is 0 Å². The Labute approximate surface area is 72.2 Å². The fourth-order valence-electron chi connectivity index (χ4n) is 0.987. The number of benzene rings is 1. The summed E-state index contributed by atoms with van der Waals surface area (Å²) in [6.07, 6.45) is 1.81. The van der Waals surface area contributed by atoms with Gasteiger partial charge in [-0.1, -0.05) is 6.07 Å². The van der Waals surface area contributed by atoms with Crippen molar-refractivity contribution in [3.8, 4) is 0 Å². The second-order valence-electron chi connectivity index (χ2n) is 2.92. The van der Waals surface area contributed by atoms with Crippen LogP contribution in [0.25, 0.3) is 0 Å². The molecule has 1 aromatic carbocycles. The van der Waals surface area contributed by atoms with Crippen LogP contribution in [0.4, 0.5) is 5.69 Å². The molecule has 0 saturated carbocycles. The summed E-state index contributed by atoms with van der Waals surface area (Å²) >= 11 is 0. The maximum absolute atomic E-state index is 10.3. The third kappa shape index (κ3) is 1.60. The Hall–Kier alpha value is -1.40. The van der Waals surface area contributed by atoms with Crippen LogP contribution in [0.2, 0.25) is 0 Å². The van der Waals surface area contributed by atoms with Crippen molar-refractivity contribution in [1.29, 1.82) is 0 Å². The van der Waals surface area contributed by atoms with E-state index in [2.05, 4.69) is 0 Å². The van der Waals surface area contributed by atoms with Crippen molar-refractivity contribution in [2.75, 3.05) is 7.05 Å². The summed E-state index contributed by atoms with van der Waals surface area (Å²) in [4.78, 5) is 10.3. The van der Waals surface area contributed by atoms with E-state index in [1.165, 1.54) is 15.7 Å². The predicted octanol–water partition coefficient (Wildman–Crippen LogP) is 1.91. The van der Waals surface area contributed by atoms with Crippen molar-refractivity contribution in [2.45, 2.75) is 13.8 Å². The van der Waals surface area contributed by atoms with E-state index in [9.17, 15) is 4.79 Å². The lowest BCUT2D eigenvalue weighted by Gasteiger charge is -1.97. The molecule has 0 bridgehead atoms. The molecule has 2 nitrogen and oxygen atoms in total. The molecule has 0 radical (unpaired) electrons. The molecular weight excluding hydrogens is 150 g/mol. The van der Waals surface area contributed by atoms with Crippen LogP contribution in [-0.2, 0) is 4.79 Å². The van der Waals surface area contributed by atoms with Crippen molar-refractivity contribution in [3.05, 3.63) is 29.3 Å². The Morgan fingerprint density at radius 3 is 2.42 bits per heavy atom. The van der Waals surface area contributed by atoms with Crippen LogP contribution in [0.5, 0.6) is 0 Å². The molecule has 0 amide bonds. The largest absolute Gasteiger partial charge is 0.430 e. The first-order chi connectivity index (χ1) is 5.65. The van der Waals surface area contributed by atoms with Crippen LogP contribution >= 0.6 is 0 Å². The number of aryl methyl sites for hydroxylation is 2. The minimum absolute atomic E-state index is 0.883. The molecule has 1 rings (SSSR count). The second-order valence-corrected chi connectivity index (χ2v) is 2.92. The Kier molecular flexibility index (Phi) is 2.41. The lowest BCUT2D eigenvalue weighted by Crippen LogP contribution is -1.95. The zero-order valence-electron chi connectivity index (χ0n) is 7.59. The van der Waals surface area contributed by atoms with E-state index in [1.54, 1.807) is 7.05 Å². The van der Waals surface area contributed by atoms with E-state index in [4.69, 9.17) is 0 Å². The molecule has 0 atom stereocenters. The van der Waals surface area contributed by atoms with E-state index in [1.807, 2.05) is 38.1 Å². The van der Waals surface area contributed by atoms with Crippen LogP contribution < -0.4 is 0 Å². The molecule has 0 saturated heterocycles. The predicted molar refractivity (Wildman–Crippen MR) is 47.5 cm³/mol. The van der Waals surface area contributed by atoms with E-state index < -0.39 is 0 Å². The number of hydrogen-bond donors (Lipinski definition) is 0. The van der Waals surface area contributed by atoms with Crippen molar-refractivity contribution < 1.29 is 9.37 Å². The van der Waals surface area contributed by atoms with Gasteiger partial charge in [-0.3, -0.25) is 0 Å². The zero-order chi connectivity index (χ0) is 9.14. The van der Waals surface area contributed by atoms with Gasteiger partial charge in [0.15, 0.2) is 7.05 Å². The minimum atomic E-state index is 0.883. The standard InChI is InChI=1S/C10H12NO/c1-8-4-5-10(6-9(8)2)11(3)7-12/h4-6H,1-3H3/q+1. The van der Waals surface area contributed by atoms with Gasteiger partial charge in [0.05, 0.1) is 0 Å². The Bertz CT molecular complexity index is 349.